The maximum Gasteiger partial charge on any atom is 0.243 e. The van der Waals surface area contributed by atoms with Gasteiger partial charge in [-0.1, -0.05) is 36.6 Å². The summed E-state index contributed by atoms with van der Waals surface area (Å²) in [7, 11) is -3.66. The smallest absolute Gasteiger partial charge is 0.207 e. The van der Waals surface area contributed by atoms with Gasteiger partial charge in [-0.2, -0.15) is 4.31 Å². The van der Waals surface area contributed by atoms with Gasteiger partial charge in [-0.3, -0.25) is 0 Å². The molecule has 3 rings (SSSR count). The molecule has 1 saturated heterocycles. The van der Waals surface area contributed by atoms with Crippen LogP contribution in [-0.4, -0.2) is 19.3 Å². The van der Waals surface area contributed by atoms with Crippen LogP contribution in [0, 0.1) is 5.82 Å². The molecule has 0 aliphatic carbocycles. The summed E-state index contributed by atoms with van der Waals surface area (Å²) in [6.45, 7) is 0.437. The summed E-state index contributed by atoms with van der Waals surface area (Å²) >= 11 is 5.87. The number of rotatable bonds is 3. The molecule has 128 valence electrons. The first kappa shape index (κ1) is 17.4. The number of nitrogens with zero attached hydrogens (tertiary/aromatic N) is 1. The molecule has 1 aliphatic heterocycles. The van der Waals surface area contributed by atoms with E-state index in [1.807, 2.05) is 0 Å². The summed E-state index contributed by atoms with van der Waals surface area (Å²) in [5, 5.41) is 0.492. The quantitative estimate of drug-likeness (QED) is 0.782. The van der Waals surface area contributed by atoms with Crippen LogP contribution in [0.1, 0.15) is 37.3 Å². The van der Waals surface area contributed by atoms with Crippen molar-refractivity contribution in [3.05, 3.63) is 64.9 Å². The first-order valence-corrected chi connectivity index (χ1v) is 9.83. The predicted molar refractivity (Wildman–Crippen MR) is 93.0 cm³/mol. The van der Waals surface area contributed by atoms with E-state index in [4.69, 9.17) is 11.6 Å². The number of hydrogen-bond acceptors (Lipinski definition) is 2. The van der Waals surface area contributed by atoms with Gasteiger partial charge >= 0.3 is 0 Å². The van der Waals surface area contributed by atoms with Gasteiger partial charge in [0.15, 0.2) is 0 Å². The predicted octanol–water partition coefficient (Wildman–Crippen LogP) is 4.79. The fraction of sp³-hybridized carbons (Fsp3) is 0.333. The molecule has 0 aromatic heterocycles. The maximum atomic E-state index is 13.6. The van der Waals surface area contributed by atoms with Crippen molar-refractivity contribution in [1.82, 2.24) is 4.31 Å². The normalized spacial score (nSPS) is 19.8. The minimum Gasteiger partial charge on any atom is -0.207 e. The van der Waals surface area contributed by atoms with E-state index in [1.165, 1.54) is 28.6 Å². The molecule has 1 fully saturated rings. The monoisotopic (exact) mass is 367 g/mol. The van der Waals surface area contributed by atoms with E-state index < -0.39 is 10.0 Å². The molecule has 1 atom stereocenters. The highest BCUT2D eigenvalue weighted by molar-refractivity contribution is 7.89. The first-order valence-electron chi connectivity index (χ1n) is 8.01. The first-order chi connectivity index (χ1) is 11.5. The molecule has 24 heavy (non-hydrogen) atoms. The SMILES string of the molecule is O=S(=O)(c1ccc(Cl)cc1)N1CCCCC[C@H]1c1cccc(F)c1. The van der Waals surface area contributed by atoms with Crippen molar-refractivity contribution in [1.29, 1.82) is 0 Å². The Kier molecular flexibility index (Phi) is 5.23. The van der Waals surface area contributed by atoms with Crippen LogP contribution in [0.3, 0.4) is 0 Å². The van der Waals surface area contributed by atoms with Gasteiger partial charge in [0.25, 0.3) is 0 Å². The summed E-state index contributed by atoms with van der Waals surface area (Å²) in [5.41, 5.74) is 0.703. The highest BCUT2D eigenvalue weighted by atomic mass is 35.5. The van der Waals surface area contributed by atoms with Crippen LogP contribution in [0.2, 0.25) is 5.02 Å². The molecule has 0 saturated carbocycles. The minimum atomic E-state index is -3.66. The Labute approximate surface area is 147 Å². The topological polar surface area (TPSA) is 37.4 Å². The summed E-state index contributed by atoms with van der Waals surface area (Å²) in [6, 6.07) is 12.1. The van der Waals surface area contributed by atoms with Gasteiger partial charge in [-0.15, -0.1) is 0 Å². The van der Waals surface area contributed by atoms with Gasteiger partial charge in [-0.25, -0.2) is 12.8 Å². The van der Waals surface area contributed by atoms with Gasteiger partial charge in [-0.05, 0) is 54.8 Å². The molecule has 1 heterocycles. The van der Waals surface area contributed by atoms with Gasteiger partial charge in [0.05, 0.1) is 10.9 Å². The molecule has 1 aliphatic rings. The number of sulfonamides is 1. The van der Waals surface area contributed by atoms with Crippen molar-refractivity contribution in [2.75, 3.05) is 6.54 Å². The molecule has 2 aromatic rings. The second-order valence-corrected chi connectivity index (χ2v) is 8.32. The Morgan fingerprint density at radius 2 is 1.79 bits per heavy atom. The Morgan fingerprint density at radius 1 is 1.04 bits per heavy atom. The van der Waals surface area contributed by atoms with E-state index in [0.717, 1.165) is 19.3 Å². The lowest BCUT2D eigenvalue weighted by Gasteiger charge is -2.29. The van der Waals surface area contributed by atoms with E-state index in [0.29, 0.717) is 23.6 Å². The second kappa shape index (κ2) is 7.21. The summed E-state index contributed by atoms with van der Waals surface area (Å²) in [4.78, 5) is 0.218. The average Bonchev–Trinajstić information content (AvgIpc) is 2.81. The molecule has 3 nitrogen and oxygen atoms in total. The zero-order valence-corrected chi connectivity index (χ0v) is 14.7. The average molecular weight is 368 g/mol. The summed E-state index contributed by atoms with van der Waals surface area (Å²) < 4.78 is 41.4. The van der Waals surface area contributed by atoms with Gasteiger partial charge in [0, 0.05) is 11.6 Å². The van der Waals surface area contributed by atoms with Gasteiger partial charge < -0.3 is 0 Å². The zero-order valence-electron chi connectivity index (χ0n) is 13.2. The highest BCUT2D eigenvalue weighted by Crippen LogP contribution is 2.35. The molecular formula is C18H19ClFNO2S. The maximum absolute atomic E-state index is 13.6. The Bertz CT molecular complexity index is 808. The molecule has 0 radical (unpaired) electrons. The van der Waals surface area contributed by atoms with Crippen LogP contribution < -0.4 is 0 Å². The molecule has 0 N–H and O–H groups in total. The van der Waals surface area contributed by atoms with Crippen LogP contribution in [0.25, 0.3) is 0 Å². The molecule has 6 heteroatoms. The van der Waals surface area contributed by atoms with Crippen molar-refractivity contribution < 1.29 is 12.8 Å². The van der Waals surface area contributed by atoms with Crippen molar-refractivity contribution in [3.63, 3.8) is 0 Å². The minimum absolute atomic E-state index is 0.218. The largest absolute Gasteiger partial charge is 0.243 e. The van der Waals surface area contributed by atoms with Crippen molar-refractivity contribution in [3.8, 4) is 0 Å². The third-order valence-corrected chi connectivity index (χ3v) is 6.53. The lowest BCUT2D eigenvalue weighted by molar-refractivity contribution is 0.328. The Balaban J connectivity index is 2.02. The molecule has 0 amide bonds. The van der Waals surface area contributed by atoms with Crippen LogP contribution >= 0.6 is 11.6 Å². The summed E-state index contributed by atoms with van der Waals surface area (Å²) in [6.07, 6.45) is 3.39. The lowest BCUT2D eigenvalue weighted by Crippen LogP contribution is -2.34. The van der Waals surface area contributed by atoms with Crippen molar-refractivity contribution >= 4 is 21.6 Å². The fourth-order valence-corrected chi connectivity index (χ4v) is 4.97. The van der Waals surface area contributed by atoms with E-state index in [1.54, 1.807) is 24.3 Å². The molecule has 0 bridgehead atoms. The van der Waals surface area contributed by atoms with Crippen LogP contribution in [-0.2, 0) is 10.0 Å². The molecular weight excluding hydrogens is 349 g/mol. The van der Waals surface area contributed by atoms with Crippen LogP contribution in [0.15, 0.2) is 53.4 Å². The molecule has 0 spiro atoms. The van der Waals surface area contributed by atoms with Crippen LogP contribution in [0.5, 0.6) is 0 Å². The second-order valence-electron chi connectivity index (χ2n) is 5.99. The fourth-order valence-electron chi connectivity index (χ4n) is 3.16. The summed E-state index contributed by atoms with van der Waals surface area (Å²) in [5.74, 6) is -0.347. The highest BCUT2D eigenvalue weighted by Gasteiger charge is 2.33. The van der Waals surface area contributed by atoms with E-state index in [9.17, 15) is 12.8 Å². The zero-order chi connectivity index (χ0) is 17.2. The van der Waals surface area contributed by atoms with Gasteiger partial charge in [0.2, 0.25) is 10.0 Å². The molecule has 2 aromatic carbocycles. The number of halogens is 2. The van der Waals surface area contributed by atoms with E-state index in [2.05, 4.69) is 0 Å². The molecule has 0 unspecified atom stereocenters. The number of benzene rings is 2. The van der Waals surface area contributed by atoms with Crippen molar-refractivity contribution in [2.45, 2.75) is 36.6 Å². The Morgan fingerprint density at radius 3 is 2.50 bits per heavy atom. The third kappa shape index (κ3) is 3.63. The third-order valence-electron chi connectivity index (χ3n) is 4.36. The van der Waals surface area contributed by atoms with Crippen LogP contribution in [0.4, 0.5) is 4.39 Å². The van der Waals surface area contributed by atoms with Crippen molar-refractivity contribution in [2.24, 2.45) is 0 Å². The Hall–Kier alpha value is -1.43. The standard InChI is InChI=1S/C18H19ClFNO2S/c19-15-8-10-17(11-9-15)24(22,23)21-12-3-1-2-7-18(21)14-5-4-6-16(20)13-14/h4-6,8-11,13,18H,1-3,7,12H2/t18-/m0/s1. The number of hydrogen-bond donors (Lipinski definition) is 0. The lowest BCUT2D eigenvalue weighted by atomic mass is 10.0. The van der Waals surface area contributed by atoms with Gasteiger partial charge in [0.1, 0.15) is 5.82 Å². The van der Waals surface area contributed by atoms with E-state index in [-0.39, 0.29) is 16.8 Å². The van der Waals surface area contributed by atoms with E-state index >= 15 is 0 Å².